The van der Waals surface area contributed by atoms with Crippen LogP contribution < -0.4 is 14.4 Å². The van der Waals surface area contributed by atoms with Gasteiger partial charge in [0, 0.05) is 17.1 Å². The highest BCUT2D eigenvalue weighted by atomic mass is 79.9. The maximum absolute atomic E-state index is 14.1. The molecule has 0 spiro atoms. The zero-order valence-electron chi connectivity index (χ0n) is 25.1. The van der Waals surface area contributed by atoms with E-state index in [-0.39, 0.29) is 29.1 Å². The molecule has 0 heterocycles. The molecule has 4 aromatic rings. The Bertz CT molecular complexity index is 1660. The monoisotopic (exact) mass is 677 g/mol. The summed E-state index contributed by atoms with van der Waals surface area (Å²) in [7, 11) is -4.18. The quantitative estimate of drug-likeness (QED) is 0.180. The summed E-state index contributed by atoms with van der Waals surface area (Å²) in [5.74, 6) is 0.284. The molecule has 10 heteroatoms. The second-order valence-electron chi connectivity index (χ2n) is 10.7. The first kappa shape index (κ1) is 32.8. The van der Waals surface area contributed by atoms with Crippen LogP contribution >= 0.6 is 15.9 Å². The van der Waals surface area contributed by atoms with Crippen LogP contribution in [0.15, 0.2) is 112 Å². The van der Waals surface area contributed by atoms with Gasteiger partial charge in [-0.3, -0.25) is 13.9 Å². The summed E-state index contributed by atoms with van der Waals surface area (Å²) in [5.41, 5.74) is 1.97. The van der Waals surface area contributed by atoms with Gasteiger partial charge >= 0.3 is 0 Å². The van der Waals surface area contributed by atoms with Gasteiger partial charge in [0.05, 0.1) is 10.6 Å². The van der Waals surface area contributed by atoms with E-state index >= 15 is 0 Å². The van der Waals surface area contributed by atoms with Crippen LogP contribution in [0, 0.1) is 6.92 Å². The molecule has 0 bridgehead atoms. The molecule has 0 aliphatic heterocycles. The standard InChI is InChI=1S/C34H36BrN3O5S/c1-24(2)36-34(40)26(4)37(22-27-12-14-28(35)15-13-27)33(39)23-38(44(41,42)32-20-10-25(3)11-21-32)29-16-18-31(19-17-29)43-30-8-6-5-7-9-30/h5-21,24,26H,22-23H2,1-4H3,(H,36,40)/t26-/m1/s1. The predicted molar refractivity (Wildman–Crippen MR) is 176 cm³/mol. The number of hydrogen-bond donors (Lipinski definition) is 1. The fourth-order valence-corrected chi connectivity index (χ4v) is 6.12. The van der Waals surface area contributed by atoms with E-state index in [1.54, 1.807) is 43.3 Å². The van der Waals surface area contributed by atoms with E-state index in [0.29, 0.717) is 11.5 Å². The molecule has 44 heavy (non-hydrogen) atoms. The van der Waals surface area contributed by atoms with E-state index in [9.17, 15) is 18.0 Å². The molecule has 8 nitrogen and oxygen atoms in total. The predicted octanol–water partition coefficient (Wildman–Crippen LogP) is 6.69. The van der Waals surface area contributed by atoms with Gasteiger partial charge < -0.3 is 15.0 Å². The smallest absolute Gasteiger partial charge is 0.264 e. The number of nitrogens with zero attached hydrogens (tertiary/aromatic N) is 2. The molecule has 4 rings (SSSR count). The molecule has 2 amide bonds. The molecule has 0 saturated carbocycles. The summed E-state index contributed by atoms with van der Waals surface area (Å²) >= 11 is 3.42. The van der Waals surface area contributed by atoms with Crippen molar-refractivity contribution >= 4 is 43.5 Å². The van der Waals surface area contributed by atoms with Gasteiger partial charge in [0.25, 0.3) is 10.0 Å². The number of benzene rings is 4. The number of nitrogens with one attached hydrogen (secondary N) is 1. The summed E-state index contributed by atoms with van der Waals surface area (Å²) in [6.45, 7) is 6.78. The maximum atomic E-state index is 14.1. The van der Waals surface area contributed by atoms with Gasteiger partial charge in [-0.2, -0.15) is 0 Å². The number of sulfonamides is 1. The van der Waals surface area contributed by atoms with Crippen molar-refractivity contribution in [3.63, 3.8) is 0 Å². The Morgan fingerprint density at radius 2 is 1.41 bits per heavy atom. The maximum Gasteiger partial charge on any atom is 0.264 e. The average molecular weight is 679 g/mol. The molecule has 0 fully saturated rings. The van der Waals surface area contributed by atoms with Crippen molar-refractivity contribution in [2.24, 2.45) is 0 Å². The van der Waals surface area contributed by atoms with E-state index < -0.39 is 28.5 Å². The van der Waals surface area contributed by atoms with Crippen molar-refractivity contribution in [3.05, 3.63) is 119 Å². The fraction of sp³-hybridized carbons (Fsp3) is 0.235. The molecule has 0 saturated heterocycles. The third kappa shape index (κ3) is 8.48. The Labute approximate surface area is 267 Å². The lowest BCUT2D eigenvalue weighted by atomic mass is 10.1. The van der Waals surface area contributed by atoms with Gasteiger partial charge in [-0.25, -0.2) is 8.42 Å². The van der Waals surface area contributed by atoms with Gasteiger partial charge in [0.1, 0.15) is 24.1 Å². The molecular weight excluding hydrogens is 642 g/mol. The minimum Gasteiger partial charge on any atom is -0.457 e. The average Bonchev–Trinajstić information content (AvgIpc) is 3.00. The lowest BCUT2D eigenvalue weighted by Gasteiger charge is -2.32. The van der Waals surface area contributed by atoms with Crippen LogP contribution in [0.1, 0.15) is 31.9 Å². The van der Waals surface area contributed by atoms with Crippen LogP contribution in [0.3, 0.4) is 0 Å². The minimum atomic E-state index is -4.18. The fourth-order valence-electron chi connectivity index (χ4n) is 4.45. The molecule has 1 atom stereocenters. The number of para-hydroxylation sites is 1. The first-order valence-electron chi connectivity index (χ1n) is 14.2. The van der Waals surface area contributed by atoms with E-state index in [1.165, 1.54) is 17.0 Å². The summed E-state index contributed by atoms with van der Waals surface area (Å²) < 4.78 is 36.0. The summed E-state index contributed by atoms with van der Waals surface area (Å²) in [5, 5.41) is 2.86. The number of hydrogen-bond acceptors (Lipinski definition) is 5. The molecule has 0 aromatic heterocycles. The summed E-state index contributed by atoms with van der Waals surface area (Å²) in [6, 6.07) is 28.6. The summed E-state index contributed by atoms with van der Waals surface area (Å²) in [6.07, 6.45) is 0. The number of carbonyl (C=O) groups is 2. The normalized spacial score (nSPS) is 12.0. The van der Waals surface area contributed by atoms with Crippen LogP contribution in [0.25, 0.3) is 0 Å². The molecule has 1 N–H and O–H groups in total. The van der Waals surface area contributed by atoms with Crippen molar-refractivity contribution in [1.29, 1.82) is 0 Å². The number of rotatable bonds is 12. The van der Waals surface area contributed by atoms with Gasteiger partial charge in [-0.05, 0) is 93.9 Å². The second-order valence-corrected chi connectivity index (χ2v) is 13.5. The van der Waals surface area contributed by atoms with Crippen LogP contribution in [0.2, 0.25) is 0 Å². The topological polar surface area (TPSA) is 96.0 Å². The SMILES string of the molecule is Cc1ccc(S(=O)(=O)N(CC(=O)N(Cc2ccc(Br)cc2)[C@H](C)C(=O)NC(C)C)c2ccc(Oc3ccccc3)cc2)cc1. The molecule has 0 aliphatic rings. The number of aryl methyl sites for hydroxylation is 1. The number of carbonyl (C=O) groups excluding carboxylic acids is 2. The first-order chi connectivity index (χ1) is 20.9. The lowest BCUT2D eigenvalue weighted by Crippen LogP contribution is -2.52. The molecule has 0 unspecified atom stereocenters. The highest BCUT2D eigenvalue weighted by Gasteiger charge is 2.32. The van der Waals surface area contributed by atoms with Crippen LogP contribution in [-0.2, 0) is 26.2 Å². The lowest BCUT2D eigenvalue weighted by molar-refractivity contribution is -0.139. The van der Waals surface area contributed by atoms with Gasteiger partial charge in [0.2, 0.25) is 11.8 Å². The summed E-state index contributed by atoms with van der Waals surface area (Å²) in [4.78, 5) is 28.6. The Kier molecular flexibility index (Phi) is 10.8. The van der Waals surface area contributed by atoms with Crippen molar-refractivity contribution < 1.29 is 22.7 Å². The molecule has 0 radical (unpaired) electrons. The molecule has 4 aromatic carbocycles. The van der Waals surface area contributed by atoms with Crippen LogP contribution in [0.4, 0.5) is 5.69 Å². The highest BCUT2D eigenvalue weighted by Crippen LogP contribution is 2.29. The largest absolute Gasteiger partial charge is 0.457 e. The third-order valence-electron chi connectivity index (χ3n) is 6.86. The zero-order valence-corrected chi connectivity index (χ0v) is 27.5. The second kappa shape index (κ2) is 14.5. The van der Waals surface area contributed by atoms with E-state index in [2.05, 4.69) is 21.2 Å². The van der Waals surface area contributed by atoms with Gasteiger partial charge in [-0.15, -0.1) is 0 Å². The molecule has 0 aliphatic carbocycles. The minimum absolute atomic E-state index is 0.0468. The van der Waals surface area contributed by atoms with Crippen LogP contribution in [0.5, 0.6) is 11.5 Å². The van der Waals surface area contributed by atoms with Gasteiger partial charge in [0.15, 0.2) is 0 Å². The molecular formula is C34H36BrN3O5S. The Balaban J connectivity index is 1.70. The van der Waals surface area contributed by atoms with Crippen molar-refractivity contribution in [2.75, 3.05) is 10.8 Å². The third-order valence-corrected chi connectivity index (χ3v) is 9.17. The van der Waals surface area contributed by atoms with Crippen molar-refractivity contribution in [2.45, 2.75) is 51.2 Å². The van der Waals surface area contributed by atoms with E-state index in [0.717, 1.165) is 19.9 Å². The number of anilines is 1. The van der Waals surface area contributed by atoms with Crippen molar-refractivity contribution in [3.8, 4) is 11.5 Å². The number of halogens is 1. The van der Waals surface area contributed by atoms with E-state index in [4.69, 9.17) is 4.74 Å². The number of ether oxygens (including phenoxy) is 1. The van der Waals surface area contributed by atoms with E-state index in [1.807, 2.05) is 75.4 Å². The highest BCUT2D eigenvalue weighted by molar-refractivity contribution is 9.10. The Morgan fingerprint density at radius 1 is 0.818 bits per heavy atom. The van der Waals surface area contributed by atoms with Crippen LogP contribution in [-0.4, -0.2) is 43.8 Å². The zero-order chi connectivity index (χ0) is 31.9. The Morgan fingerprint density at radius 3 is 2.00 bits per heavy atom. The van der Waals surface area contributed by atoms with Crippen molar-refractivity contribution in [1.82, 2.24) is 10.2 Å². The first-order valence-corrected chi connectivity index (χ1v) is 16.4. The number of amides is 2. The molecule has 230 valence electrons. The van der Waals surface area contributed by atoms with Gasteiger partial charge in [-0.1, -0.05) is 64.0 Å². The Hall–Kier alpha value is -4.15.